The Morgan fingerprint density at radius 3 is 2.70 bits per heavy atom. The number of allylic oxidation sites excluding steroid dienone is 2. The summed E-state index contributed by atoms with van der Waals surface area (Å²) in [5.41, 5.74) is 2.25. The summed E-state index contributed by atoms with van der Waals surface area (Å²) < 4.78 is 4.14. The van der Waals surface area contributed by atoms with E-state index in [1.165, 1.54) is 18.9 Å². The summed E-state index contributed by atoms with van der Waals surface area (Å²) in [7, 11) is 1.31. The highest BCUT2D eigenvalue weighted by atomic mass is 32.2. The van der Waals surface area contributed by atoms with Crippen molar-refractivity contribution in [1.82, 2.24) is 0 Å². The van der Waals surface area contributed by atoms with Gasteiger partial charge >= 0.3 is 5.97 Å². The van der Waals surface area contributed by atoms with Gasteiger partial charge in [0.05, 0.1) is 11.9 Å². The van der Waals surface area contributed by atoms with Crippen molar-refractivity contribution in [3.63, 3.8) is 0 Å². The smallest absolute Gasteiger partial charge is 0.318 e. The highest BCUT2D eigenvalue weighted by Gasteiger charge is 2.59. The lowest BCUT2D eigenvalue weighted by atomic mass is 9.85. The Labute approximate surface area is 121 Å². The summed E-state index contributed by atoms with van der Waals surface area (Å²) in [6.45, 7) is 6.05. The number of fused-ring (bicyclic) bond motifs is 2. The number of rotatable bonds is 1. The van der Waals surface area contributed by atoms with Crippen LogP contribution in [0.1, 0.15) is 22.8 Å². The monoisotopic (exact) mass is 286 g/mol. The maximum absolute atomic E-state index is 12.6. The zero-order chi connectivity index (χ0) is 14.5. The molecule has 0 bridgehead atoms. The minimum Gasteiger partial charge on any atom is -0.468 e. The highest BCUT2D eigenvalue weighted by Crippen LogP contribution is 2.61. The van der Waals surface area contributed by atoms with Gasteiger partial charge in [-0.2, -0.15) is 0 Å². The summed E-state index contributed by atoms with van der Waals surface area (Å²) in [6, 6.07) is 7.37. The number of benzene rings is 1. The quantitative estimate of drug-likeness (QED) is 0.588. The van der Waals surface area contributed by atoms with E-state index in [9.17, 15) is 9.59 Å². The van der Waals surface area contributed by atoms with Crippen molar-refractivity contribution < 1.29 is 14.3 Å². The van der Waals surface area contributed by atoms with E-state index < -0.39 is 16.6 Å². The molecule has 0 fully saturated rings. The number of carbonyl (C=O) groups is 2. The van der Waals surface area contributed by atoms with E-state index in [0.717, 1.165) is 16.0 Å². The first-order chi connectivity index (χ1) is 9.52. The van der Waals surface area contributed by atoms with E-state index >= 15 is 0 Å². The Hall–Kier alpha value is -1.81. The molecule has 4 heteroatoms. The molecule has 3 nitrogen and oxygen atoms in total. The number of methoxy groups -OCH3 is 1. The van der Waals surface area contributed by atoms with Crippen LogP contribution in [0, 0.1) is 5.92 Å². The van der Waals surface area contributed by atoms with E-state index in [0.29, 0.717) is 5.56 Å². The van der Waals surface area contributed by atoms with Gasteiger partial charge in [0.2, 0.25) is 0 Å². The molecule has 2 atom stereocenters. The lowest BCUT2D eigenvalue weighted by molar-refractivity contribution is -0.144. The van der Waals surface area contributed by atoms with E-state index in [2.05, 4.69) is 6.58 Å². The predicted octanol–water partition coefficient (Wildman–Crippen LogP) is 3.07. The summed E-state index contributed by atoms with van der Waals surface area (Å²) in [5, 5.41) is 0. The molecule has 1 aliphatic carbocycles. The molecule has 0 N–H and O–H groups in total. The molecule has 0 radical (unpaired) electrons. The molecule has 1 aliphatic heterocycles. The Morgan fingerprint density at radius 1 is 1.40 bits per heavy atom. The summed E-state index contributed by atoms with van der Waals surface area (Å²) >= 11 is 1.52. The standard InChI is InChI=1S/C16H14O3S/c1-9-8-10(2)20-16(9)12-7-5-4-6-11(12)14(17)13(16)15(18)19-3/h4-8,13H,1H2,2-3H3. The van der Waals surface area contributed by atoms with Gasteiger partial charge in [0.15, 0.2) is 5.78 Å². The molecule has 0 saturated heterocycles. The fraction of sp³-hybridized carbons (Fsp3) is 0.250. The van der Waals surface area contributed by atoms with Crippen LogP contribution in [0.4, 0.5) is 0 Å². The van der Waals surface area contributed by atoms with Crippen molar-refractivity contribution in [2.45, 2.75) is 11.7 Å². The van der Waals surface area contributed by atoms with Gasteiger partial charge in [-0.1, -0.05) is 30.8 Å². The van der Waals surface area contributed by atoms with Crippen LogP contribution in [-0.4, -0.2) is 18.9 Å². The topological polar surface area (TPSA) is 43.4 Å². The molecule has 3 rings (SSSR count). The van der Waals surface area contributed by atoms with Crippen LogP contribution in [-0.2, 0) is 14.3 Å². The molecule has 0 amide bonds. The Bertz CT molecular complexity index is 674. The van der Waals surface area contributed by atoms with Gasteiger partial charge in [0.1, 0.15) is 5.92 Å². The number of Topliss-reactive ketones (excluding diaryl/α,β-unsaturated/α-hetero) is 1. The number of ether oxygens (including phenoxy) is 1. The van der Waals surface area contributed by atoms with Gasteiger partial charge in [-0.3, -0.25) is 9.59 Å². The summed E-state index contributed by atoms with van der Waals surface area (Å²) in [6.07, 6.45) is 1.94. The third-order valence-electron chi connectivity index (χ3n) is 3.87. The molecule has 1 heterocycles. The fourth-order valence-corrected chi connectivity index (χ4v) is 4.59. The van der Waals surface area contributed by atoms with Crippen LogP contribution >= 0.6 is 11.8 Å². The van der Waals surface area contributed by atoms with Crippen molar-refractivity contribution in [2.24, 2.45) is 5.92 Å². The van der Waals surface area contributed by atoms with Gasteiger partial charge in [-0.15, -0.1) is 11.8 Å². The average molecular weight is 286 g/mol. The SMILES string of the molecule is C=C1C=C(C)SC12c1ccccc1C(=O)C2C(=O)OC. The lowest BCUT2D eigenvalue weighted by Gasteiger charge is -2.30. The second-order valence-electron chi connectivity index (χ2n) is 4.98. The minimum atomic E-state index is -0.851. The molecular weight excluding hydrogens is 272 g/mol. The van der Waals surface area contributed by atoms with Crippen molar-refractivity contribution in [3.05, 3.63) is 58.5 Å². The maximum Gasteiger partial charge on any atom is 0.318 e. The first kappa shape index (κ1) is 13.2. The van der Waals surface area contributed by atoms with E-state index in [4.69, 9.17) is 4.74 Å². The van der Waals surface area contributed by atoms with Gasteiger partial charge in [0.25, 0.3) is 0 Å². The van der Waals surface area contributed by atoms with Crippen LogP contribution in [0.15, 0.2) is 47.4 Å². The second kappa shape index (κ2) is 4.35. The number of carbonyl (C=O) groups excluding carboxylic acids is 2. The molecule has 1 aromatic rings. The lowest BCUT2D eigenvalue weighted by Crippen LogP contribution is -2.36. The largest absolute Gasteiger partial charge is 0.468 e. The minimum absolute atomic E-state index is 0.177. The molecule has 2 aliphatic rings. The normalized spacial score (nSPS) is 27.7. The van der Waals surface area contributed by atoms with Crippen LogP contribution in [0.5, 0.6) is 0 Å². The molecule has 0 saturated carbocycles. The number of ketones is 1. The van der Waals surface area contributed by atoms with Crippen LogP contribution < -0.4 is 0 Å². The van der Waals surface area contributed by atoms with Crippen molar-refractivity contribution in [2.75, 3.05) is 7.11 Å². The zero-order valence-corrected chi connectivity index (χ0v) is 12.1. The van der Waals surface area contributed by atoms with Gasteiger partial charge in [-0.05, 0) is 29.0 Å². The van der Waals surface area contributed by atoms with Gasteiger partial charge in [-0.25, -0.2) is 0 Å². The first-order valence-electron chi connectivity index (χ1n) is 6.30. The van der Waals surface area contributed by atoms with Crippen LogP contribution in [0.2, 0.25) is 0 Å². The number of esters is 1. The van der Waals surface area contributed by atoms with Crippen LogP contribution in [0.25, 0.3) is 0 Å². The fourth-order valence-electron chi connectivity index (χ4n) is 3.08. The second-order valence-corrected chi connectivity index (χ2v) is 6.48. The Balaban J connectivity index is 2.26. The summed E-state index contributed by atoms with van der Waals surface area (Å²) in [4.78, 5) is 25.9. The number of hydrogen-bond donors (Lipinski definition) is 0. The van der Waals surface area contributed by atoms with Crippen LogP contribution in [0.3, 0.4) is 0 Å². The molecule has 102 valence electrons. The van der Waals surface area contributed by atoms with E-state index in [-0.39, 0.29) is 5.78 Å². The third kappa shape index (κ3) is 1.48. The van der Waals surface area contributed by atoms with Crippen molar-refractivity contribution in [1.29, 1.82) is 0 Å². The van der Waals surface area contributed by atoms with E-state index in [1.54, 1.807) is 6.07 Å². The van der Waals surface area contributed by atoms with Crippen molar-refractivity contribution in [3.8, 4) is 0 Å². The molecule has 0 aromatic heterocycles. The molecule has 1 aromatic carbocycles. The highest BCUT2D eigenvalue weighted by molar-refractivity contribution is 8.04. The third-order valence-corrected chi connectivity index (χ3v) is 5.35. The maximum atomic E-state index is 12.6. The molecule has 20 heavy (non-hydrogen) atoms. The molecule has 2 unspecified atom stereocenters. The Morgan fingerprint density at radius 2 is 2.10 bits per heavy atom. The molecular formula is C16H14O3S. The first-order valence-corrected chi connectivity index (χ1v) is 7.12. The Kier molecular flexibility index (Phi) is 2.87. The number of thioether (sulfide) groups is 1. The summed E-state index contributed by atoms with van der Waals surface area (Å²) in [5.74, 6) is -1.52. The predicted molar refractivity (Wildman–Crippen MR) is 78.4 cm³/mol. The molecule has 1 spiro atoms. The van der Waals surface area contributed by atoms with Crippen molar-refractivity contribution >= 4 is 23.5 Å². The van der Waals surface area contributed by atoms with E-state index in [1.807, 2.05) is 31.2 Å². The van der Waals surface area contributed by atoms with Gasteiger partial charge < -0.3 is 4.74 Å². The number of hydrogen-bond acceptors (Lipinski definition) is 4. The zero-order valence-electron chi connectivity index (χ0n) is 11.3. The average Bonchev–Trinajstić information content (AvgIpc) is 2.86. The van der Waals surface area contributed by atoms with Gasteiger partial charge in [0, 0.05) is 5.56 Å².